The summed E-state index contributed by atoms with van der Waals surface area (Å²) in [6.07, 6.45) is -0.153. The first-order chi connectivity index (χ1) is 33.3. The zero-order valence-electron chi connectivity index (χ0n) is 42.8. The van der Waals surface area contributed by atoms with E-state index in [4.69, 9.17) is 43.2 Å². The van der Waals surface area contributed by atoms with Gasteiger partial charge >= 0.3 is 12.2 Å². The number of rotatable bonds is 33. The summed E-state index contributed by atoms with van der Waals surface area (Å²) in [5, 5.41) is 29.4. The number of benzene rings is 2. The molecule has 0 aliphatic carbocycles. The second-order valence-corrected chi connectivity index (χ2v) is 16.5. The molecule has 2 amide bonds. The first-order valence-corrected chi connectivity index (χ1v) is 24.1. The van der Waals surface area contributed by atoms with Gasteiger partial charge in [-0.2, -0.15) is 10.4 Å². The van der Waals surface area contributed by atoms with Gasteiger partial charge in [-0.3, -0.25) is 0 Å². The Morgan fingerprint density at radius 3 is 1.68 bits per heavy atom. The Balaban J connectivity index is 0.000000745. The largest absolute Gasteiger partial charge is 0.489 e. The van der Waals surface area contributed by atoms with Crippen LogP contribution in [0.25, 0.3) is 0 Å². The van der Waals surface area contributed by atoms with Crippen LogP contribution in [0.2, 0.25) is 0 Å². The molecule has 384 valence electrons. The molecule has 4 N–H and O–H groups in total. The molecule has 2 aromatic rings. The van der Waals surface area contributed by atoms with Crippen molar-refractivity contribution >= 4 is 23.6 Å². The van der Waals surface area contributed by atoms with Crippen molar-refractivity contribution in [2.24, 2.45) is 22.1 Å². The van der Waals surface area contributed by atoms with E-state index in [1.54, 1.807) is 0 Å². The lowest BCUT2D eigenvalue weighted by atomic mass is 10.1. The van der Waals surface area contributed by atoms with Crippen LogP contribution in [0.1, 0.15) is 79.9 Å². The molecule has 0 saturated carbocycles. The molecule has 2 aromatic carbocycles. The highest BCUT2D eigenvalue weighted by atomic mass is 16.6. The van der Waals surface area contributed by atoms with Gasteiger partial charge in [0.25, 0.3) is 0 Å². The van der Waals surface area contributed by atoms with E-state index in [2.05, 4.69) is 89.8 Å². The van der Waals surface area contributed by atoms with Gasteiger partial charge in [-0.15, -0.1) is 5.11 Å². The van der Waals surface area contributed by atoms with Gasteiger partial charge in [0.05, 0.1) is 104 Å². The summed E-state index contributed by atoms with van der Waals surface area (Å²) < 4.78 is 43.7. The number of carbonyl (C=O) groups excluding carboxylic acids is 2. The molecular formula is C52H81N7O10. The van der Waals surface area contributed by atoms with Crippen LogP contribution in [0.15, 0.2) is 52.7 Å². The van der Waals surface area contributed by atoms with Crippen molar-refractivity contribution in [2.75, 3.05) is 105 Å². The average molecular weight is 964 g/mol. The third-order valence-electron chi connectivity index (χ3n) is 8.78. The van der Waals surface area contributed by atoms with Crippen molar-refractivity contribution in [3.05, 3.63) is 53.6 Å². The van der Waals surface area contributed by atoms with Crippen molar-refractivity contribution in [1.29, 1.82) is 5.26 Å². The van der Waals surface area contributed by atoms with Crippen LogP contribution < -0.4 is 26.0 Å². The molecule has 0 aliphatic heterocycles. The second-order valence-electron chi connectivity index (χ2n) is 16.5. The first-order valence-electron chi connectivity index (χ1n) is 24.1. The number of alkyl carbamates (subject to hydrolysis) is 2. The summed E-state index contributed by atoms with van der Waals surface area (Å²) in [6.45, 7) is 26.0. The third-order valence-corrected chi connectivity index (χ3v) is 8.78. The van der Waals surface area contributed by atoms with Gasteiger partial charge in [0, 0.05) is 43.4 Å². The van der Waals surface area contributed by atoms with E-state index in [0.29, 0.717) is 96.0 Å². The molecule has 0 spiro atoms. The molecule has 0 bridgehead atoms. The quantitative estimate of drug-likeness (QED) is 0.0308. The highest BCUT2D eigenvalue weighted by Crippen LogP contribution is 2.31. The zero-order valence-corrected chi connectivity index (χ0v) is 42.8. The van der Waals surface area contributed by atoms with E-state index in [-0.39, 0.29) is 44.6 Å². The summed E-state index contributed by atoms with van der Waals surface area (Å²) in [7, 11) is 0. The smallest absolute Gasteiger partial charge is 0.408 e. The monoisotopic (exact) mass is 964 g/mol. The van der Waals surface area contributed by atoms with Crippen molar-refractivity contribution in [1.82, 2.24) is 21.3 Å². The Hall–Kier alpha value is -5.29. The van der Waals surface area contributed by atoms with E-state index >= 15 is 0 Å². The minimum Gasteiger partial charge on any atom is -0.489 e. The molecule has 1 unspecified atom stereocenters. The number of amides is 2. The Kier molecular flexibility index (Phi) is 37.3. The lowest BCUT2D eigenvalue weighted by Crippen LogP contribution is -2.31. The predicted molar refractivity (Wildman–Crippen MR) is 269 cm³/mol. The minimum absolute atomic E-state index is 0.0597. The van der Waals surface area contributed by atoms with Crippen molar-refractivity contribution in [2.45, 2.75) is 99.8 Å². The maximum atomic E-state index is 11.7. The van der Waals surface area contributed by atoms with Crippen molar-refractivity contribution < 1.29 is 47.5 Å². The predicted octanol–water partition coefficient (Wildman–Crippen LogP) is 7.70. The second kappa shape index (κ2) is 41.7. The van der Waals surface area contributed by atoms with Crippen molar-refractivity contribution in [3.8, 4) is 35.5 Å². The van der Waals surface area contributed by atoms with Gasteiger partial charge in [0.15, 0.2) is 0 Å². The number of azo groups is 1. The molecule has 0 fully saturated rings. The van der Waals surface area contributed by atoms with E-state index in [9.17, 15) is 9.59 Å². The summed E-state index contributed by atoms with van der Waals surface area (Å²) in [5.74, 6) is 12.8. The van der Waals surface area contributed by atoms with Crippen LogP contribution in [-0.2, 0) is 46.0 Å². The van der Waals surface area contributed by atoms with Gasteiger partial charge in [-0.05, 0) is 41.8 Å². The molecule has 0 saturated heterocycles. The Morgan fingerprint density at radius 1 is 0.623 bits per heavy atom. The average Bonchev–Trinajstić information content (AvgIpc) is 3.31. The number of hydrogen-bond donors (Lipinski definition) is 4. The number of aryl methyl sites for hydroxylation is 1. The van der Waals surface area contributed by atoms with E-state index in [0.717, 1.165) is 36.3 Å². The molecule has 1 atom stereocenters. The fourth-order valence-electron chi connectivity index (χ4n) is 5.34. The molecule has 2 rings (SSSR count). The Bertz CT molecular complexity index is 1850. The minimum atomic E-state index is -0.625. The maximum Gasteiger partial charge on any atom is 0.408 e. The highest BCUT2D eigenvalue weighted by Gasteiger charge is 2.14. The number of nitrogens with one attached hydrogen (secondary N) is 4. The molecule has 0 aliphatic rings. The summed E-state index contributed by atoms with van der Waals surface area (Å²) in [5.41, 5.74) is 3.58. The SMILES string of the molecule is CC(C)C#CCNC(=O)OC(CC#N)COCCOCCOCCNC(C)C.CCc1ccc(OCCOCCOCCNC(C)C)c(N=Nc2ccc(CCOC(=O)NCC#CC(C)C)cc2)c1. The molecule has 0 heterocycles. The van der Waals surface area contributed by atoms with Gasteiger partial charge < -0.3 is 59.2 Å². The fourth-order valence-corrected chi connectivity index (χ4v) is 5.34. The summed E-state index contributed by atoms with van der Waals surface area (Å²) in [4.78, 5) is 23.4. The van der Waals surface area contributed by atoms with E-state index < -0.39 is 18.3 Å². The fraction of sp³-hybridized carbons (Fsp3) is 0.635. The Morgan fingerprint density at radius 2 is 1.14 bits per heavy atom. The van der Waals surface area contributed by atoms with Crippen LogP contribution in [0.4, 0.5) is 21.0 Å². The zero-order chi connectivity index (χ0) is 50.7. The highest BCUT2D eigenvalue weighted by molar-refractivity contribution is 5.68. The van der Waals surface area contributed by atoms with Gasteiger partial charge in [0.1, 0.15) is 24.1 Å². The van der Waals surface area contributed by atoms with Gasteiger partial charge in [0.2, 0.25) is 0 Å². The normalized spacial score (nSPS) is 11.3. The molecule has 17 nitrogen and oxygen atoms in total. The van der Waals surface area contributed by atoms with Crippen LogP contribution in [-0.4, -0.2) is 136 Å². The van der Waals surface area contributed by atoms with Crippen LogP contribution in [0.5, 0.6) is 5.75 Å². The number of nitrogens with zero attached hydrogens (tertiary/aromatic N) is 3. The number of nitriles is 1. The summed E-state index contributed by atoms with van der Waals surface area (Å²) in [6, 6.07) is 16.5. The van der Waals surface area contributed by atoms with Crippen LogP contribution in [0.3, 0.4) is 0 Å². The number of ether oxygens (including phenoxy) is 8. The standard InChI is InChI=1S/C32H46N4O5.C20H35N3O5/c1-6-27-11-14-31(40-23-22-39-21-20-38-19-17-33-26(4)5)30(24-27)36-35-29-12-9-28(10-13-29)15-18-41-32(37)34-16-7-8-25(2)3;1-17(2)6-5-9-23-20(24)28-19(7-8-21)16-27-15-14-26-13-12-25-11-10-22-18(3)4/h9-14,24-26,33H,6,15-23H2,1-5H3,(H,34,37);17-19,22H,7,9-16H2,1-4H3,(H,23,24). The van der Waals surface area contributed by atoms with Gasteiger partial charge in [-0.1, -0.05) is 104 Å². The van der Waals surface area contributed by atoms with Crippen LogP contribution in [0, 0.1) is 46.8 Å². The third kappa shape index (κ3) is 37.3. The topological polar surface area (TPSA) is 205 Å². The molecule has 0 aromatic heterocycles. The van der Waals surface area contributed by atoms with Gasteiger partial charge in [-0.25, -0.2) is 9.59 Å². The maximum absolute atomic E-state index is 11.7. The summed E-state index contributed by atoms with van der Waals surface area (Å²) >= 11 is 0. The molecule has 69 heavy (non-hydrogen) atoms. The van der Waals surface area contributed by atoms with Crippen molar-refractivity contribution in [3.63, 3.8) is 0 Å². The first kappa shape index (κ1) is 61.7. The lowest BCUT2D eigenvalue weighted by Gasteiger charge is -2.15. The molecular weight excluding hydrogens is 883 g/mol. The number of hydrogen-bond acceptors (Lipinski definition) is 15. The van der Waals surface area contributed by atoms with E-state index in [1.807, 2.05) is 76.2 Å². The lowest BCUT2D eigenvalue weighted by molar-refractivity contribution is -0.0132. The molecule has 0 radical (unpaired) electrons. The van der Waals surface area contributed by atoms with E-state index in [1.165, 1.54) is 0 Å². The number of carbonyl (C=O) groups is 2. The Labute approximate surface area is 412 Å². The van der Waals surface area contributed by atoms with Crippen LogP contribution >= 0.6 is 0 Å². The molecule has 17 heteroatoms.